The van der Waals surface area contributed by atoms with E-state index >= 15 is 0 Å². The van der Waals surface area contributed by atoms with Gasteiger partial charge in [0.2, 0.25) is 5.91 Å². The third kappa shape index (κ3) is 4.27. The summed E-state index contributed by atoms with van der Waals surface area (Å²) in [4.78, 5) is 14.6. The lowest BCUT2D eigenvalue weighted by molar-refractivity contribution is -0.116. The Balaban J connectivity index is 1.64. The Morgan fingerprint density at radius 2 is 2.15 bits per heavy atom. The fraction of sp³-hybridized carbons (Fsp3) is 0.526. The fourth-order valence-electron chi connectivity index (χ4n) is 3.23. The number of nitrogens with zero attached hydrogens (tertiary/aromatic N) is 4. The van der Waals surface area contributed by atoms with Crippen molar-refractivity contribution in [1.29, 1.82) is 0 Å². The van der Waals surface area contributed by atoms with Crippen LogP contribution in [0.25, 0.3) is 0 Å². The Hall–Kier alpha value is -1.86. The van der Waals surface area contributed by atoms with Crippen LogP contribution in [0.4, 0.5) is 5.69 Å². The molecule has 140 valence electrons. The largest absolute Gasteiger partial charge is 0.385 e. The summed E-state index contributed by atoms with van der Waals surface area (Å²) in [7, 11) is 1.71. The highest BCUT2D eigenvalue weighted by molar-refractivity contribution is 7.99. The topological polar surface area (TPSA) is 60.2 Å². The zero-order valence-electron chi connectivity index (χ0n) is 15.5. The average molecular weight is 375 g/mol. The molecule has 1 aliphatic heterocycles. The van der Waals surface area contributed by atoms with Crippen LogP contribution in [0.5, 0.6) is 0 Å². The number of para-hydroxylation sites is 1. The number of amides is 1. The number of benzene rings is 1. The first-order valence-electron chi connectivity index (χ1n) is 9.16. The quantitative estimate of drug-likeness (QED) is 0.499. The van der Waals surface area contributed by atoms with Crippen LogP contribution in [0.2, 0.25) is 0 Å². The third-order valence-electron chi connectivity index (χ3n) is 4.51. The molecule has 1 amide bonds. The molecule has 0 bridgehead atoms. The molecule has 1 aliphatic rings. The van der Waals surface area contributed by atoms with Crippen molar-refractivity contribution in [3.63, 3.8) is 0 Å². The molecule has 0 atom stereocenters. The van der Waals surface area contributed by atoms with Gasteiger partial charge in [-0.1, -0.05) is 36.9 Å². The highest BCUT2D eigenvalue weighted by atomic mass is 32.2. The molecule has 0 N–H and O–H groups in total. The van der Waals surface area contributed by atoms with Gasteiger partial charge in [0, 0.05) is 38.9 Å². The van der Waals surface area contributed by atoms with E-state index < -0.39 is 0 Å². The van der Waals surface area contributed by atoms with Crippen molar-refractivity contribution in [3.05, 3.63) is 35.7 Å². The van der Waals surface area contributed by atoms with Crippen molar-refractivity contribution >= 4 is 23.4 Å². The average Bonchev–Trinajstić information content (AvgIpc) is 3.25. The Morgan fingerprint density at radius 3 is 2.96 bits per heavy atom. The molecule has 1 aromatic carbocycles. The minimum atomic E-state index is 0.128. The predicted molar refractivity (Wildman–Crippen MR) is 104 cm³/mol. The molecule has 7 heteroatoms. The highest BCUT2D eigenvalue weighted by Gasteiger charge is 2.24. The van der Waals surface area contributed by atoms with Crippen LogP contribution in [-0.2, 0) is 28.9 Å². The van der Waals surface area contributed by atoms with E-state index in [2.05, 4.69) is 27.8 Å². The van der Waals surface area contributed by atoms with Gasteiger partial charge in [-0.2, -0.15) is 0 Å². The van der Waals surface area contributed by atoms with E-state index in [4.69, 9.17) is 4.74 Å². The molecule has 0 saturated heterocycles. The first-order chi connectivity index (χ1) is 12.7. The van der Waals surface area contributed by atoms with E-state index in [1.165, 1.54) is 17.3 Å². The van der Waals surface area contributed by atoms with Crippen LogP contribution < -0.4 is 4.90 Å². The van der Waals surface area contributed by atoms with E-state index in [9.17, 15) is 4.79 Å². The van der Waals surface area contributed by atoms with Gasteiger partial charge in [0.15, 0.2) is 5.16 Å². The molecule has 0 unspecified atom stereocenters. The van der Waals surface area contributed by atoms with E-state index in [-0.39, 0.29) is 5.91 Å². The van der Waals surface area contributed by atoms with Crippen molar-refractivity contribution < 1.29 is 9.53 Å². The van der Waals surface area contributed by atoms with Crippen molar-refractivity contribution in [2.24, 2.45) is 0 Å². The van der Waals surface area contributed by atoms with Crippen molar-refractivity contribution in [3.8, 4) is 0 Å². The van der Waals surface area contributed by atoms with Crippen LogP contribution in [-0.4, -0.2) is 46.7 Å². The zero-order chi connectivity index (χ0) is 18.4. The second-order valence-electron chi connectivity index (χ2n) is 6.36. The number of fused-ring (bicyclic) bond motifs is 1. The van der Waals surface area contributed by atoms with Gasteiger partial charge in [0.1, 0.15) is 5.82 Å². The number of hydrogen-bond acceptors (Lipinski definition) is 5. The number of anilines is 1. The van der Waals surface area contributed by atoms with Crippen molar-refractivity contribution in [2.45, 2.75) is 44.3 Å². The van der Waals surface area contributed by atoms with Crippen LogP contribution in [0.15, 0.2) is 29.4 Å². The summed E-state index contributed by atoms with van der Waals surface area (Å²) in [6.07, 6.45) is 3.76. The number of hydrogen-bond donors (Lipinski definition) is 0. The van der Waals surface area contributed by atoms with Gasteiger partial charge in [-0.25, -0.2) is 0 Å². The monoisotopic (exact) mass is 374 g/mol. The molecule has 0 radical (unpaired) electrons. The van der Waals surface area contributed by atoms with E-state index in [0.717, 1.165) is 55.4 Å². The van der Waals surface area contributed by atoms with E-state index in [0.29, 0.717) is 12.4 Å². The molecule has 6 nitrogen and oxygen atoms in total. The SMILES string of the molecule is CCCc1nnc(SCC(=O)N2CCc3ccccc32)n1CCCOC. The zero-order valence-corrected chi connectivity index (χ0v) is 16.3. The summed E-state index contributed by atoms with van der Waals surface area (Å²) in [6.45, 7) is 4.42. The molecule has 0 spiro atoms. The first kappa shape index (κ1) is 18.9. The molecule has 2 aromatic rings. The minimum absolute atomic E-state index is 0.128. The fourth-order valence-corrected chi connectivity index (χ4v) is 4.09. The summed E-state index contributed by atoms with van der Waals surface area (Å²) in [5.41, 5.74) is 2.30. The van der Waals surface area contributed by atoms with Gasteiger partial charge in [-0.3, -0.25) is 4.79 Å². The number of ether oxygens (including phenoxy) is 1. The van der Waals surface area contributed by atoms with E-state index in [1.54, 1.807) is 7.11 Å². The first-order valence-corrected chi connectivity index (χ1v) is 10.1. The van der Waals surface area contributed by atoms with Gasteiger partial charge < -0.3 is 14.2 Å². The molecule has 3 rings (SSSR count). The van der Waals surface area contributed by atoms with Gasteiger partial charge in [-0.15, -0.1) is 10.2 Å². The standard InChI is InChI=1S/C19H26N4O2S/c1-3-7-17-20-21-19(23(17)11-6-13-25-2)26-14-18(24)22-12-10-15-8-4-5-9-16(15)22/h4-5,8-9H,3,6-7,10-14H2,1-2H3. The Kier molecular flexibility index (Phi) is 6.68. The number of rotatable bonds is 9. The Labute approximate surface area is 158 Å². The number of aryl methyl sites for hydroxylation is 1. The Bertz CT molecular complexity index is 747. The number of methoxy groups -OCH3 is 1. The maximum absolute atomic E-state index is 12.7. The molecule has 26 heavy (non-hydrogen) atoms. The van der Waals surface area contributed by atoms with Gasteiger partial charge in [-0.05, 0) is 30.9 Å². The highest BCUT2D eigenvalue weighted by Crippen LogP contribution is 2.28. The van der Waals surface area contributed by atoms with Crippen molar-refractivity contribution in [1.82, 2.24) is 14.8 Å². The summed E-state index contributed by atoms with van der Waals surface area (Å²) in [5.74, 6) is 1.50. The normalized spacial score (nSPS) is 13.2. The van der Waals surface area contributed by atoms with E-state index in [1.807, 2.05) is 23.1 Å². The van der Waals surface area contributed by atoms with Gasteiger partial charge in [0.25, 0.3) is 0 Å². The molecule has 0 aliphatic carbocycles. The van der Waals surface area contributed by atoms with Crippen molar-refractivity contribution in [2.75, 3.05) is 30.9 Å². The van der Waals surface area contributed by atoms with Crippen LogP contribution in [0.3, 0.4) is 0 Å². The number of aromatic nitrogens is 3. The summed E-state index contributed by atoms with van der Waals surface area (Å²) < 4.78 is 7.29. The molecule has 0 saturated carbocycles. The molecular weight excluding hydrogens is 348 g/mol. The predicted octanol–water partition coefficient (Wildman–Crippen LogP) is 2.95. The van der Waals surface area contributed by atoms with Crippen LogP contribution >= 0.6 is 11.8 Å². The molecule has 2 heterocycles. The van der Waals surface area contributed by atoms with Crippen LogP contribution in [0.1, 0.15) is 31.2 Å². The summed E-state index contributed by atoms with van der Waals surface area (Å²) in [6, 6.07) is 8.14. The molecule has 0 fully saturated rings. The lowest BCUT2D eigenvalue weighted by Gasteiger charge is -2.17. The Morgan fingerprint density at radius 1 is 1.31 bits per heavy atom. The third-order valence-corrected chi connectivity index (χ3v) is 5.46. The molecular formula is C19H26N4O2S. The van der Waals surface area contributed by atoms with Gasteiger partial charge >= 0.3 is 0 Å². The summed E-state index contributed by atoms with van der Waals surface area (Å²) in [5, 5.41) is 9.47. The maximum Gasteiger partial charge on any atom is 0.237 e. The van der Waals surface area contributed by atoms with Crippen LogP contribution in [0, 0.1) is 0 Å². The van der Waals surface area contributed by atoms with Gasteiger partial charge in [0.05, 0.1) is 5.75 Å². The minimum Gasteiger partial charge on any atom is -0.385 e. The number of carbonyl (C=O) groups excluding carboxylic acids is 1. The number of carbonyl (C=O) groups is 1. The second-order valence-corrected chi connectivity index (χ2v) is 7.30. The lowest BCUT2D eigenvalue weighted by atomic mass is 10.2. The number of thioether (sulfide) groups is 1. The second kappa shape index (κ2) is 9.19. The molecule has 1 aromatic heterocycles. The maximum atomic E-state index is 12.7. The lowest BCUT2D eigenvalue weighted by Crippen LogP contribution is -2.30. The summed E-state index contributed by atoms with van der Waals surface area (Å²) >= 11 is 1.48. The smallest absolute Gasteiger partial charge is 0.237 e.